The van der Waals surface area contributed by atoms with Gasteiger partial charge in [-0.2, -0.15) is 0 Å². The number of anilines is 1. The molecule has 7 nitrogen and oxygen atoms in total. The summed E-state index contributed by atoms with van der Waals surface area (Å²) in [6.45, 7) is 8.68. The molecule has 1 unspecified atom stereocenters. The Morgan fingerprint density at radius 2 is 2.17 bits per heavy atom. The Balaban J connectivity index is 1.83. The first-order valence-corrected chi connectivity index (χ1v) is 8.63. The van der Waals surface area contributed by atoms with E-state index in [1.165, 1.54) is 0 Å². The van der Waals surface area contributed by atoms with Gasteiger partial charge in [0.25, 0.3) is 0 Å². The summed E-state index contributed by atoms with van der Waals surface area (Å²) in [6.07, 6.45) is 1.52. The second-order valence-electron chi connectivity index (χ2n) is 7.45. The Kier molecular flexibility index (Phi) is 4.62. The first-order chi connectivity index (χ1) is 11.4. The molecule has 132 valence electrons. The van der Waals surface area contributed by atoms with Gasteiger partial charge in [-0.25, -0.2) is 14.8 Å². The van der Waals surface area contributed by atoms with E-state index in [1.807, 2.05) is 27.8 Å². The van der Waals surface area contributed by atoms with Crippen LogP contribution in [0.5, 0.6) is 0 Å². The maximum atomic E-state index is 12.4. The van der Waals surface area contributed by atoms with Gasteiger partial charge in [-0.3, -0.25) is 0 Å². The van der Waals surface area contributed by atoms with Gasteiger partial charge in [0.15, 0.2) is 0 Å². The fraction of sp³-hybridized carbons (Fsp3) is 0.706. The average molecular weight is 333 g/mol. The van der Waals surface area contributed by atoms with Crippen molar-refractivity contribution in [3.63, 3.8) is 0 Å². The van der Waals surface area contributed by atoms with Crippen LogP contribution < -0.4 is 10.6 Å². The third-order valence-electron chi connectivity index (χ3n) is 4.40. The number of nitrogens with one attached hydrogen (secondary N) is 2. The highest BCUT2D eigenvalue weighted by molar-refractivity contribution is 5.69. The van der Waals surface area contributed by atoms with E-state index in [2.05, 4.69) is 10.6 Å². The lowest BCUT2D eigenvalue weighted by Gasteiger charge is -2.31. The van der Waals surface area contributed by atoms with Crippen molar-refractivity contribution in [3.05, 3.63) is 17.1 Å². The SMILES string of the molecule is CNc1nc(C2CCNC2)nc2c1CCN(C(=O)OC(C)(C)C)C2. The van der Waals surface area contributed by atoms with Crippen molar-refractivity contribution < 1.29 is 9.53 Å². The van der Waals surface area contributed by atoms with Crippen molar-refractivity contribution in [3.8, 4) is 0 Å². The monoisotopic (exact) mass is 333 g/mol. The van der Waals surface area contributed by atoms with E-state index >= 15 is 0 Å². The molecule has 0 spiro atoms. The number of carbonyl (C=O) groups is 1. The number of hydrogen-bond donors (Lipinski definition) is 2. The molecule has 1 aromatic heterocycles. The molecule has 0 bridgehead atoms. The van der Waals surface area contributed by atoms with Crippen molar-refractivity contribution in [2.75, 3.05) is 32.0 Å². The third kappa shape index (κ3) is 3.61. The fourth-order valence-corrected chi connectivity index (χ4v) is 3.20. The number of rotatable bonds is 2. The molecule has 1 atom stereocenters. The van der Waals surface area contributed by atoms with Crippen molar-refractivity contribution in [1.29, 1.82) is 0 Å². The molecule has 1 aromatic rings. The second-order valence-corrected chi connectivity index (χ2v) is 7.45. The number of aromatic nitrogens is 2. The minimum Gasteiger partial charge on any atom is -0.444 e. The topological polar surface area (TPSA) is 79.4 Å². The van der Waals surface area contributed by atoms with Crippen LogP contribution in [-0.2, 0) is 17.7 Å². The number of nitrogens with zero attached hydrogens (tertiary/aromatic N) is 3. The Morgan fingerprint density at radius 3 is 2.79 bits per heavy atom. The number of ether oxygens (including phenoxy) is 1. The molecule has 3 heterocycles. The first kappa shape index (κ1) is 17.0. The van der Waals surface area contributed by atoms with E-state index in [1.54, 1.807) is 4.90 Å². The van der Waals surface area contributed by atoms with Crippen LogP contribution >= 0.6 is 0 Å². The molecule has 3 rings (SSSR count). The van der Waals surface area contributed by atoms with Crippen molar-refractivity contribution in [2.24, 2.45) is 0 Å². The molecule has 1 amide bonds. The smallest absolute Gasteiger partial charge is 0.410 e. The fourth-order valence-electron chi connectivity index (χ4n) is 3.20. The second kappa shape index (κ2) is 6.55. The lowest BCUT2D eigenvalue weighted by molar-refractivity contribution is 0.0220. The maximum absolute atomic E-state index is 12.4. The Bertz CT molecular complexity index is 620. The normalized spacial score (nSPS) is 20.7. The van der Waals surface area contributed by atoms with E-state index in [4.69, 9.17) is 14.7 Å². The van der Waals surface area contributed by atoms with Crippen LogP contribution in [-0.4, -0.2) is 53.2 Å². The largest absolute Gasteiger partial charge is 0.444 e. The van der Waals surface area contributed by atoms with Crippen LogP contribution in [0.3, 0.4) is 0 Å². The Labute approximate surface area is 143 Å². The van der Waals surface area contributed by atoms with Crippen LogP contribution in [0.25, 0.3) is 0 Å². The van der Waals surface area contributed by atoms with Gasteiger partial charge in [-0.15, -0.1) is 0 Å². The maximum Gasteiger partial charge on any atom is 0.410 e. The molecule has 1 fully saturated rings. The molecule has 0 aliphatic carbocycles. The summed E-state index contributed by atoms with van der Waals surface area (Å²) in [5.41, 5.74) is 1.57. The summed E-state index contributed by atoms with van der Waals surface area (Å²) in [5.74, 6) is 2.11. The van der Waals surface area contributed by atoms with Crippen molar-refractivity contribution in [2.45, 2.75) is 51.7 Å². The summed E-state index contributed by atoms with van der Waals surface area (Å²) in [5, 5.41) is 6.55. The van der Waals surface area contributed by atoms with Crippen LogP contribution in [0.15, 0.2) is 0 Å². The van der Waals surface area contributed by atoms with Crippen molar-refractivity contribution >= 4 is 11.9 Å². The van der Waals surface area contributed by atoms with E-state index in [0.29, 0.717) is 19.0 Å². The van der Waals surface area contributed by atoms with E-state index in [-0.39, 0.29) is 6.09 Å². The van der Waals surface area contributed by atoms with Crippen molar-refractivity contribution in [1.82, 2.24) is 20.2 Å². The quantitative estimate of drug-likeness (QED) is 0.860. The summed E-state index contributed by atoms with van der Waals surface area (Å²) >= 11 is 0. The molecular weight excluding hydrogens is 306 g/mol. The molecule has 0 aromatic carbocycles. The van der Waals surface area contributed by atoms with Gasteiger partial charge in [-0.05, 0) is 40.2 Å². The van der Waals surface area contributed by atoms with Crippen LogP contribution in [0.4, 0.5) is 10.6 Å². The van der Waals surface area contributed by atoms with E-state index < -0.39 is 5.60 Å². The van der Waals surface area contributed by atoms with Crippen LogP contribution in [0.1, 0.15) is 50.2 Å². The predicted molar refractivity (Wildman–Crippen MR) is 92.2 cm³/mol. The number of hydrogen-bond acceptors (Lipinski definition) is 6. The summed E-state index contributed by atoms with van der Waals surface area (Å²) in [7, 11) is 1.89. The zero-order valence-electron chi connectivity index (χ0n) is 15.0. The predicted octanol–water partition coefficient (Wildman–Crippen LogP) is 1.89. The van der Waals surface area contributed by atoms with Gasteiger partial charge in [0.05, 0.1) is 12.2 Å². The van der Waals surface area contributed by atoms with Gasteiger partial charge < -0.3 is 20.3 Å². The average Bonchev–Trinajstić information content (AvgIpc) is 3.06. The molecule has 2 aliphatic heterocycles. The molecule has 24 heavy (non-hydrogen) atoms. The Hall–Kier alpha value is -1.89. The number of fused-ring (bicyclic) bond motifs is 1. The molecule has 1 saturated heterocycles. The lowest BCUT2D eigenvalue weighted by atomic mass is 10.0. The van der Waals surface area contributed by atoms with Crippen LogP contribution in [0, 0.1) is 0 Å². The standard InChI is InChI=1S/C17H27N5O2/c1-17(2,3)24-16(23)22-8-6-12-13(10-22)20-14(21-15(12)18-4)11-5-7-19-9-11/h11,19H,5-10H2,1-4H3,(H,18,20,21). The zero-order valence-corrected chi connectivity index (χ0v) is 15.0. The molecule has 0 radical (unpaired) electrons. The van der Waals surface area contributed by atoms with Gasteiger partial charge >= 0.3 is 6.09 Å². The van der Waals surface area contributed by atoms with Gasteiger partial charge in [0, 0.05) is 31.6 Å². The van der Waals surface area contributed by atoms with Gasteiger partial charge in [0.1, 0.15) is 17.2 Å². The molecular formula is C17H27N5O2. The highest BCUT2D eigenvalue weighted by atomic mass is 16.6. The summed E-state index contributed by atoms with van der Waals surface area (Å²) < 4.78 is 5.50. The zero-order chi connectivity index (χ0) is 17.3. The summed E-state index contributed by atoms with van der Waals surface area (Å²) in [6, 6.07) is 0. The minimum atomic E-state index is -0.486. The van der Waals surface area contributed by atoms with Gasteiger partial charge in [-0.1, -0.05) is 0 Å². The highest BCUT2D eigenvalue weighted by Crippen LogP contribution is 2.28. The number of amides is 1. The lowest BCUT2D eigenvalue weighted by Crippen LogP contribution is -2.40. The number of carbonyl (C=O) groups excluding carboxylic acids is 1. The minimum absolute atomic E-state index is 0.276. The Morgan fingerprint density at radius 1 is 1.38 bits per heavy atom. The molecule has 2 aliphatic rings. The summed E-state index contributed by atoms with van der Waals surface area (Å²) in [4.78, 5) is 23.6. The van der Waals surface area contributed by atoms with E-state index in [0.717, 1.165) is 48.8 Å². The van der Waals surface area contributed by atoms with Crippen LogP contribution in [0.2, 0.25) is 0 Å². The first-order valence-electron chi connectivity index (χ1n) is 8.63. The van der Waals surface area contributed by atoms with Gasteiger partial charge in [0.2, 0.25) is 0 Å². The highest BCUT2D eigenvalue weighted by Gasteiger charge is 2.30. The molecule has 2 N–H and O–H groups in total. The molecule has 0 saturated carbocycles. The third-order valence-corrected chi connectivity index (χ3v) is 4.40. The molecule has 7 heteroatoms. The van der Waals surface area contributed by atoms with E-state index in [9.17, 15) is 4.79 Å².